The normalized spacial score (nSPS) is 14.1. The monoisotopic (exact) mass is 269 g/mol. The fraction of sp³-hybridized carbons (Fsp3) is 0.571. The molecule has 0 spiro atoms. The molecule has 4 heteroatoms. The van der Waals surface area contributed by atoms with Crippen LogP contribution in [0.5, 0.6) is 11.5 Å². The first-order chi connectivity index (χ1) is 8.65. The number of hydrogen-bond acceptors (Lipinski definition) is 3. The molecular formula is C14H20ClNO2. The topological polar surface area (TPSA) is 30.5 Å². The molecule has 3 nitrogen and oxygen atoms in total. The smallest absolute Gasteiger partial charge is 0.165 e. The first-order valence-corrected chi connectivity index (χ1v) is 6.78. The molecule has 0 aliphatic carbocycles. The summed E-state index contributed by atoms with van der Waals surface area (Å²) in [5, 5.41) is 3.94. The van der Waals surface area contributed by atoms with Crippen LogP contribution >= 0.6 is 11.6 Å². The Bertz CT molecular complexity index is 432. The van der Waals surface area contributed by atoms with Crippen LogP contribution in [-0.2, 0) is 6.42 Å². The Kier molecular flexibility index (Phi) is 4.36. The number of rotatable bonds is 4. The molecule has 1 heterocycles. The van der Waals surface area contributed by atoms with Crippen molar-refractivity contribution in [3.05, 3.63) is 22.2 Å². The van der Waals surface area contributed by atoms with Gasteiger partial charge >= 0.3 is 0 Å². The third-order valence-corrected chi connectivity index (χ3v) is 3.47. The van der Waals surface area contributed by atoms with Gasteiger partial charge in [-0.05, 0) is 31.5 Å². The number of likely N-dealkylation sites (N-methyl/N-ethyl adjacent to an activating group) is 1. The molecule has 1 aliphatic heterocycles. The van der Waals surface area contributed by atoms with Gasteiger partial charge in [0.15, 0.2) is 11.5 Å². The SMILES string of the molecule is CNCCc1c(Cl)cc2c(c1C(C)C)OCCO2. The summed E-state index contributed by atoms with van der Waals surface area (Å²) >= 11 is 6.38. The summed E-state index contributed by atoms with van der Waals surface area (Å²) in [5.41, 5.74) is 2.36. The van der Waals surface area contributed by atoms with Crippen LogP contribution < -0.4 is 14.8 Å². The summed E-state index contributed by atoms with van der Waals surface area (Å²) in [5.74, 6) is 2.03. The van der Waals surface area contributed by atoms with Gasteiger partial charge in [-0.1, -0.05) is 25.4 Å². The van der Waals surface area contributed by atoms with Crippen molar-refractivity contribution in [2.75, 3.05) is 26.8 Å². The first kappa shape index (κ1) is 13.5. The van der Waals surface area contributed by atoms with Crippen molar-refractivity contribution in [1.29, 1.82) is 0 Å². The molecule has 1 aliphatic rings. The molecule has 0 unspecified atom stereocenters. The van der Waals surface area contributed by atoms with Crippen molar-refractivity contribution in [1.82, 2.24) is 5.32 Å². The van der Waals surface area contributed by atoms with E-state index in [0.29, 0.717) is 19.1 Å². The van der Waals surface area contributed by atoms with Crippen molar-refractivity contribution in [2.45, 2.75) is 26.2 Å². The third kappa shape index (κ3) is 2.57. The Morgan fingerprint density at radius 3 is 2.72 bits per heavy atom. The number of nitrogens with one attached hydrogen (secondary N) is 1. The summed E-state index contributed by atoms with van der Waals surface area (Å²) in [6.07, 6.45) is 0.902. The second-order valence-electron chi connectivity index (χ2n) is 4.78. The van der Waals surface area contributed by atoms with E-state index >= 15 is 0 Å². The van der Waals surface area contributed by atoms with Gasteiger partial charge in [-0.25, -0.2) is 0 Å². The van der Waals surface area contributed by atoms with Crippen LogP contribution in [-0.4, -0.2) is 26.8 Å². The molecule has 18 heavy (non-hydrogen) atoms. The maximum Gasteiger partial charge on any atom is 0.165 e. The predicted octanol–water partition coefficient (Wildman–Crippen LogP) is 3.00. The Hall–Kier alpha value is -0.930. The molecule has 0 saturated heterocycles. The van der Waals surface area contributed by atoms with Crippen LogP contribution in [0.4, 0.5) is 0 Å². The quantitative estimate of drug-likeness (QED) is 0.912. The van der Waals surface area contributed by atoms with Crippen molar-refractivity contribution in [2.24, 2.45) is 0 Å². The average Bonchev–Trinajstić information content (AvgIpc) is 2.35. The molecule has 1 aromatic carbocycles. The number of benzene rings is 1. The van der Waals surface area contributed by atoms with Gasteiger partial charge in [0.25, 0.3) is 0 Å². The summed E-state index contributed by atoms with van der Waals surface area (Å²) < 4.78 is 11.4. The van der Waals surface area contributed by atoms with E-state index in [9.17, 15) is 0 Å². The number of fused-ring (bicyclic) bond motifs is 1. The Labute approximate surface area is 113 Å². The van der Waals surface area contributed by atoms with E-state index in [2.05, 4.69) is 19.2 Å². The minimum atomic E-state index is 0.367. The van der Waals surface area contributed by atoms with E-state index in [1.807, 2.05) is 13.1 Å². The number of halogens is 1. The van der Waals surface area contributed by atoms with Crippen LogP contribution in [0.15, 0.2) is 6.07 Å². The van der Waals surface area contributed by atoms with E-state index in [-0.39, 0.29) is 0 Å². The van der Waals surface area contributed by atoms with Crippen LogP contribution in [0.25, 0.3) is 0 Å². The van der Waals surface area contributed by atoms with E-state index in [0.717, 1.165) is 29.5 Å². The van der Waals surface area contributed by atoms with Gasteiger partial charge in [-0.15, -0.1) is 0 Å². The zero-order valence-electron chi connectivity index (χ0n) is 11.2. The lowest BCUT2D eigenvalue weighted by Crippen LogP contribution is -2.19. The number of ether oxygens (including phenoxy) is 2. The lowest BCUT2D eigenvalue weighted by molar-refractivity contribution is 0.169. The standard InChI is InChI=1S/C14H20ClNO2/c1-9(2)13-10(4-5-16-3)11(15)8-12-14(13)18-7-6-17-12/h8-9,16H,4-7H2,1-3H3. The molecule has 0 radical (unpaired) electrons. The minimum absolute atomic E-state index is 0.367. The average molecular weight is 270 g/mol. The lowest BCUT2D eigenvalue weighted by Gasteiger charge is -2.26. The summed E-state index contributed by atoms with van der Waals surface area (Å²) in [4.78, 5) is 0. The lowest BCUT2D eigenvalue weighted by atomic mass is 9.93. The molecule has 1 aromatic rings. The molecule has 0 atom stereocenters. The highest BCUT2D eigenvalue weighted by atomic mass is 35.5. The highest BCUT2D eigenvalue weighted by molar-refractivity contribution is 6.31. The zero-order chi connectivity index (χ0) is 13.1. The minimum Gasteiger partial charge on any atom is -0.486 e. The van der Waals surface area contributed by atoms with Gasteiger partial charge in [-0.3, -0.25) is 0 Å². The third-order valence-electron chi connectivity index (χ3n) is 3.13. The maximum absolute atomic E-state index is 6.38. The Morgan fingerprint density at radius 2 is 2.06 bits per heavy atom. The van der Waals surface area contributed by atoms with Crippen LogP contribution in [0, 0.1) is 0 Å². The fourth-order valence-corrected chi connectivity index (χ4v) is 2.63. The van der Waals surface area contributed by atoms with Crippen molar-refractivity contribution >= 4 is 11.6 Å². The van der Waals surface area contributed by atoms with E-state index in [1.165, 1.54) is 11.1 Å². The molecule has 1 N–H and O–H groups in total. The van der Waals surface area contributed by atoms with Gasteiger partial charge in [0.1, 0.15) is 13.2 Å². The van der Waals surface area contributed by atoms with Crippen molar-refractivity contribution in [3.63, 3.8) is 0 Å². The second-order valence-corrected chi connectivity index (χ2v) is 5.19. The van der Waals surface area contributed by atoms with E-state index in [4.69, 9.17) is 21.1 Å². The molecule has 100 valence electrons. The summed E-state index contributed by atoms with van der Waals surface area (Å²) in [7, 11) is 1.95. The Morgan fingerprint density at radius 1 is 1.33 bits per heavy atom. The van der Waals surface area contributed by atoms with Gasteiger partial charge in [0, 0.05) is 16.7 Å². The highest BCUT2D eigenvalue weighted by Crippen LogP contribution is 2.43. The van der Waals surface area contributed by atoms with E-state index < -0.39 is 0 Å². The fourth-order valence-electron chi connectivity index (χ4n) is 2.33. The number of hydrogen-bond donors (Lipinski definition) is 1. The van der Waals surface area contributed by atoms with Crippen molar-refractivity contribution < 1.29 is 9.47 Å². The largest absolute Gasteiger partial charge is 0.486 e. The van der Waals surface area contributed by atoms with E-state index in [1.54, 1.807) is 0 Å². The van der Waals surface area contributed by atoms with Gasteiger partial charge in [0.05, 0.1) is 0 Å². The first-order valence-electron chi connectivity index (χ1n) is 6.40. The summed E-state index contributed by atoms with van der Waals surface area (Å²) in [6, 6.07) is 1.88. The molecule has 0 amide bonds. The molecule has 0 aromatic heterocycles. The van der Waals surface area contributed by atoms with Crippen molar-refractivity contribution in [3.8, 4) is 11.5 Å². The van der Waals surface area contributed by atoms with Crippen LogP contribution in [0.1, 0.15) is 30.9 Å². The molecular weight excluding hydrogens is 250 g/mol. The molecule has 2 rings (SSSR count). The van der Waals surface area contributed by atoms with Crippen LogP contribution in [0.3, 0.4) is 0 Å². The van der Waals surface area contributed by atoms with Crippen LogP contribution in [0.2, 0.25) is 5.02 Å². The second kappa shape index (κ2) is 5.81. The predicted molar refractivity (Wildman–Crippen MR) is 74.2 cm³/mol. The molecule has 0 bridgehead atoms. The molecule has 0 saturated carbocycles. The maximum atomic E-state index is 6.38. The summed E-state index contributed by atoms with van der Waals surface area (Å²) in [6.45, 7) is 6.43. The van der Waals surface area contributed by atoms with Gasteiger partial charge < -0.3 is 14.8 Å². The highest BCUT2D eigenvalue weighted by Gasteiger charge is 2.23. The van der Waals surface area contributed by atoms with Gasteiger partial charge in [-0.2, -0.15) is 0 Å². The Balaban J connectivity index is 2.50. The van der Waals surface area contributed by atoms with Gasteiger partial charge in [0.2, 0.25) is 0 Å². The molecule has 0 fully saturated rings. The zero-order valence-corrected chi connectivity index (χ0v) is 11.9.